The van der Waals surface area contributed by atoms with Gasteiger partial charge in [0.15, 0.2) is 0 Å². The first kappa shape index (κ1) is 12.7. The van der Waals surface area contributed by atoms with Crippen LogP contribution in [0.1, 0.15) is 18.1 Å². The molecule has 3 N–H and O–H groups in total. The van der Waals surface area contributed by atoms with Crippen molar-refractivity contribution in [1.29, 1.82) is 0 Å². The molecule has 0 aliphatic carbocycles. The molecule has 1 atom stereocenters. The van der Waals surface area contributed by atoms with Gasteiger partial charge in [-0.2, -0.15) is 0 Å². The summed E-state index contributed by atoms with van der Waals surface area (Å²) in [4.78, 5) is 0. The largest absolute Gasteiger partial charge is 0.398 e. The quantitative estimate of drug-likeness (QED) is 0.788. The van der Waals surface area contributed by atoms with E-state index in [1.807, 2.05) is 24.3 Å². The zero-order valence-electron chi connectivity index (χ0n) is 10.8. The molecule has 0 heterocycles. The Morgan fingerprint density at radius 1 is 1.00 bits per heavy atom. The molecular weight excluding hydrogens is 220 g/mol. The van der Waals surface area contributed by atoms with E-state index >= 15 is 0 Å². The number of benzene rings is 2. The Morgan fingerprint density at radius 2 is 1.67 bits per heavy atom. The minimum Gasteiger partial charge on any atom is -0.398 e. The predicted octanol–water partition coefficient (Wildman–Crippen LogP) is 2.99. The zero-order valence-corrected chi connectivity index (χ0v) is 10.8. The first-order valence-corrected chi connectivity index (χ1v) is 6.36. The SMILES string of the molecule is CC(Cc1ccccc1)NCc1ccccc1N. The molecule has 94 valence electrons. The Kier molecular flexibility index (Phi) is 4.37. The van der Waals surface area contributed by atoms with Crippen LogP contribution in [0.2, 0.25) is 0 Å². The molecule has 0 aromatic heterocycles. The first-order valence-electron chi connectivity index (χ1n) is 6.36. The van der Waals surface area contributed by atoms with Gasteiger partial charge in [0, 0.05) is 18.3 Å². The van der Waals surface area contributed by atoms with Gasteiger partial charge in [-0.05, 0) is 30.5 Å². The van der Waals surface area contributed by atoms with E-state index in [1.54, 1.807) is 0 Å². The summed E-state index contributed by atoms with van der Waals surface area (Å²) in [6.45, 7) is 3.02. The van der Waals surface area contributed by atoms with Gasteiger partial charge in [0.25, 0.3) is 0 Å². The van der Waals surface area contributed by atoms with Crippen LogP contribution in [-0.2, 0) is 13.0 Å². The fourth-order valence-corrected chi connectivity index (χ4v) is 2.02. The molecule has 0 saturated heterocycles. The molecule has 0 radical (unpaired) electrons. The average Bonchev–Trinajstić information content (AvgIpc) is 2.39. The lowest BCUT2D eigenvalue weighted by Gasteiger charge is -2.14. The van der Waals surface area contributed by atoms with Crippen molar-refractivity contribution < 1.29 is 0 Å². The van der Waals surface area contributed by atoms with Crippen LogP contribution in [0.15, 0.2) is 54.6 Å². The number of nitrogens with one attached hydrogen (secondary N) is 1. The van der Waals surface area contributed by atoms with Gasteiger partial charge in [-0.25, -0.2) is 0 Å². The second-order valence-electron chi connectivity index (χ2n) is 4.67. The van der Waals surface area contributed by atoms with Crippen molar-refractivity contribution in [3.8, 4) is 0 Å². The van der Waals surface area contributed by atoms with Crippen molar-refractivity contribution in [1.82, 2.24) is 5.32 Å². The zero-order chi connectivity index (χ0) is 12.8. The Bertz CT molecular complexity index is 479. The van der Waals surface area contributed by atoms with Gasteiger partial charge in [-0.3, -0.25) is 0 Å². The fraction of sp³-hybridized carbons (Fsp3) is 0.250. The molecule has 18 heavy (non-hydrogen) atoms. The van der Waals surface area contributed by atoms with Crippen LogP contribution in [0.25, 0.3) is 0 Å². The van der Waals surface area contributed by atoms with Crippen LogP contribution in [0.4, 0.5) is 5.69 Å². The third-order valence-electron chi connectivity index (χ3n) is 3.08. The average molecular weight is 240 g/mol. The molecule has 0 aliphatic rings. The monoisotopic (exact) mass is 240 g/mol. The summed E-state index contributed by atoms with van der Waals surface area (Å²) in [6, 6.07) is 19.0. The summed E-state index contributed by atoms with van der Waals surface area (Å²) in [5, 5.41) is 3.51. The van der Waals surface area contributed by atoms with Crippen LogP contribution in [-0.4, -0.2) is 6.04 Å². The third-order valence-corrected chi connectivity index (χ3v) is 3.08. The lowest BCUT2D eigenvalue weighted by Crippen LogP contribution is -2.27. The molecule has 0 aliphatic heterocycles. The van der Waals surface area contributed by atoms with E-state index in [9.17, 15) is 0 Å². The smallest absolute Gasteiger partial charge is 0.0359 e. The topological polar surface area (TPSA) is 38.0 Å². The fourth-order valence-electron chi connectivity index (χ4n) is 2.02. The van der Waals surface area contributed by atoms with Gasteiger partial charge in [0.05, 0.1) is 0 Å². The molecule has 0 spiro atoms. The summed E-state index contributed by atoms with van der Waals surface area (Å²) < 4.78 is 0. The summed E-state index contributed by atoms with van der Waals surface area (Å²) in [5.41, 5.74) is 9.30. The first-order chi connectivity index (χ1) is 8.75. The minimum atomic E-state index is 0.437. The second-order valence-corrected chi connectivity index (χ2v) is 4.67. The lowest BCUT2D eigenvalue weighted by molar-refractivity contribution is 0.546. The highest BCUT2D eigenvalue weighted by molar-refractivity contribution is 5.46. The maximum atomic E-state index is 5.92. The van der Waals surface area contributed by atoms with Gasteiger partial charge < -0.3 is 11.1 Å². The van der Waals surface area contributed by atoms with Crippen molar-refractivity contribution in [2.24, 2.45) is 0 Å². The van der Waals surface area contributed by atoms with Gasteiger partial charge in [-0.1, -0.05) is 48.5 Å². The maximum absolute atomic E-state index is 5.92. The normalized spacial score (nSPS) is 12.3. The molecule has 0 fully saturated rings. The van der Waals surface area contributed by atoms with Crippen molar-refractivity contribution >= 4 is 5.69 Å². The summed E-state index contributed by atoms with van der Waals surface area (Å²) in [6.07, 6.45) is 1.04. The summed E-state index contributed by atoms with van der Waals surface area (Å²) >= 11 is 0. The van der Waals surface area contributed by atoms with Crippen LogP contribution < -0.4 is 11.1 Å². The number of hydrogen-bond acceptors (Lipinski definition) is 2. The molecule has 0 amide bonds. The summed E-state index contributed by atoms with van der Waals surface area (Å²) in [5.74, 6) is 0. The van der Waals surface area contributed by atoms with Crippen LogP contribution in [0.5, 0.6) is 0 Å². The van der Waals surface area contributed by atoms with Crippen molar-refractivity contribution in [3.63, 3.8) is 0 Å². The van der Waals surface area contributed by atoms with Gasteiger partial charge >= 0.3 is 0 Å². The summed E-state index contributed by atoms with van der Waals surface area (Å²) in [7, 11) is 0. The van der Waals surface area contributed by atoms with Crippen molar-refractivity contribution in [2.45, 2.75) is 25.9 Å². The standard InChI is InChI=1S/C16H20N2/c1-13(11-14-7-3-2-4-8-14)18-12-15-9-5-6-10-16(15)17/h2-10,13,18H,11-12,17H2,1H3. The Morgan fingerprint density at radius 3 is 2.39 bits per heavy atom. The molecule has 2 aromatic carbocycles. The Balaban J connectivity index is 1.86. The van der Waals surface area contributed by atoms with Crippen molar-refractivity contribution in [3.05, 3.63) is 65.7 Å². The number of nitrogens with two attached hydrogens (primary N) is 1. The lowest BCUT2D eigenvalue weighted by atomic mass is 10.1. The predicted molar refractivity (Wildman–Crippen MR) is 77.3 cm³/mol. The molecule has 1 unspecified atom stereocenters. The van der Waals surface area contributed by atoms with Crippen LogP contribution >= 0.6 is 0 Å². The molecule has 0 bridgehead atoms. The molecule has 2 heteroatoms. The second kappa shape index (κ2) is 6.22. The molecule has 2 rings (SSSR count). The minimum absolute atomic E-state index is 0.437. The van der Waals surface area contributed by atoms with E-state index in [4.69, 9.17) is 5.73 Å². The number of nitrogen functional groups attached to an aromatic ring is 1. The highest BCUT2D eigenvalue weighted by atomic mass is 14.9. The number of para-hydroxylation sites is 1. The van der Waals surface area contributed by atoms with Gasteiger partial charge in [0.1, 0.15) is 0 Å². The van der Waals surface area contributed by atoms with E-state index in [1.165, 1.54) is 5.56 Å². The van der Waals surface area contributed by atoms with E-state index < -0.39 is 0 Å². The Hall–Kier alpha value is -1.80. The maximum Gasteiger partial charge on any atom is 0.0359 e. The van der Waals surface area contributed by atoms with E-state index in [2.05, 4.69) is 42.6 Å². The van der Waals surface area contributed by atoms with E-state index in [0.717, 1.165) is 24.2 Å². The number of rotatable bonds is 5. The van der Waals surface area contributed by atoms with Gasteiger partial charge in [-0.15, -0.1) is 0 Å². The number of hydrogen-bond donors (Lipinski definition) is 2. The third kappa shape index (κ3) is 3.60. The molecule has 2 nitrogen and oxygen atoms in total. The van der Waals surface area contributed by atoms with Crippen molar-refractivity contribution in [2.75, 3.05) is 5.73 Å². The molecule has 2 aromatic rings. The molecule has 0 saturated carbocycles. The highest BCUT2D eigenvalue weighted by Gasteiger charge is 2.04. The van der Waals surface area contributed by atoms with Crippen LogP contribution in [0, 0.1) is 0 Å². The van der Waals surface area contributed by atoms with Gasteiger partial charge in [0.2, 0.25) is 0 Å². The number of anilines is 1. The Labute approximate surface area is 109 Å². The molecular formula is C16H20N2. The van der Waals surface area contributed by atoms with E-state index in [0.29, 0.717) is 6.04 Å². The van der Waals surface area contributed by atoms with Crippen LogP contribution in [0.3, 0.4) is 0 Å². The van der Waals surface area contributed by atoms with E-state index in [-0.39, 0.29) is 0 Å². The highest BCUT2D eigenvalue weighted by Crippen LogP contribution is 2.10.